The number of hydrogen-bond acceptors (Lipinski definition) is 1. The van der Waals surface area contributed by atoms with Gasteiger partial charge in [-0.2, -0.15) is 0 Å². The minimum Gasteiger partial charge on any atom is -0.316 e. The molecule has 0 saturated heterocycles. The second-order valence-corrected chi connectivity index (χ2v) is 3.60. The SMILES string of the molecule is C=CC(C)CCNCC(C)C. The third-order valence-electron chi connectivity index (χ3n) is 1.73. The Labute approximate surface area is 70.9 Å². The summed E-state index contributed by atoms with van der Waals surface area (Å²) in [5.41, 5.74) is 0. The predicted octanol–water partition coefficient (Wildman–Crippen LogP) is 2.44. The summed E-state index contributed by atoms with van der Waals surface area (Å²) in [5, 5.41) is 3.40. The second kappa shape index (κ2) is 6.41. The zero-order valence-electron chi connectivity index (χ0n) is 8.06. The van der Waals surface area contributed by atoms with E-state index in [0.29, 0.717) is 5.92 Å². The van der Waals surface area contributed by atoms with E-state index < -0.39 is 0 Å². The van der Waals surface area contributed by atoms with Crippen LogP contribution in [0.1, 0.15) is 27.2 Å². The van der Waals surface area contributed by atoms with Crippen LogP contribution >= 0.6 is 0 Å². The van der Waals surface area contributed by atoms with E-state index in [1.807, 2.05) is 6.08 Å². The lowest BCUT2D eigenvalue weighted by Crippen LogP contribution is -2.21. The predicted molar refractivity (Wildman–Crippen MR) is 51.7 cm³/mol. The van der Waals surface area contributed by atoms with Crippen molar-refractivity contribution in [1.82, 2.24) is 5.32 Å². The van der Waals surface area contributed by atoms with E-state index in [9.17, 15) is 0 Å². The molecule has 1 atom stereocenters. The maximum absolute atomic E-state index is 3.75. The lowest BCUT2D eigenvalue weighted by atomic mass is 10.1. The van der Waals surface area contributed by atoms with Gasteiger partial charge in [0, 0.05) is 0 Å². The van der Waals surface area contributed by atoms with Crippen LogP contribution in [0.15, 0.2) is 12.7 Å². The summed E-state index contributed by atoms with van der Waals surface area (Å²) in [5.74, 6) is 1.41. The van der Waals surface area contributed by atoms with Crippen LogP contribution in [0.2, 0.25) is 0 Å². The molecule has 0 aromatic carbocycles. The van der Waals surface area contributed by atoms with Crippen LogP contribution in [0, 0.1) is 11.8 Å². The van der Waals surface area contributed by atoms with E-state index in [0.717, 1.165) is 19.0 Å². The van der Waals surface area contributed by atoms with Crippen molar-refractivity contribution >= 4 is 0 Å². The number of hydrogen-bond donors (Lipinski definition) is 1. The first-order valence-corrected chi connectivity index (χ1v) is 4.50. The smallest absolute Gasteiger partial charge is 0.00258 e. The monoisotopic (exact) mass is 155 g/mol. The molecule has 0 aromatic heterocycles. The molecule has 11 heavy (non-hydrogen) atoms. The van der Waals surface area contributed by atoms with E-state index in [4.69, 9.17) is 0 Å². The van der Waals surface area contributed by atoms with Gasteiger partial charge in [0.05, 0.1) is 0 Å². The van der Waals surface area contributed by atoms with Crippen LogP contribution in [0.25, 0.3) is 0 Å². The lowest BCUT2D eigenvalue weighted by molar-refractivity contribution is 0.516. The van der Waals surface area contributed by atoms with Crippen LogP contribution in [-0.2, 0) is 0 Å². The van der Waals surface area contributed by atoms with E-state index in [-0.39, 0.29) is 0 Å². The fourth-order valence-electron chi connectivity index (χ4n) is 0.838. The molecule has 0 fully saturated rings. The standard InChI is InChI=1S/C10H21N/c1-5-10(4)6-7-11-8-9(2)3/h5,9-11H,1,6-8H2,2-4H3. The fourth-order valence-corrected chi connectivity index (χ4v) is 0.838. The summed E-state index contributed by atoms with van der Waals surface area (Å²) in [6, 6.07) is 0. The summed E-state index contributed by atoms with van der Waals surface area (Å²) in [6.07, 6.45) is 3.22. The van der Waals surface area contributed by atoms with Crippen molar-refractivity contribution in [1.29, 1.82) is 0 Å². The largest absolute Gasteiger partial charge is 0.316 e. The molecule has 0 rings (SSSR count). The first kappa shape index (κ1) is 10.7. The molecule has 0 heterocycles. The van der Waals surface area contributed by atoms with Crippen molar-refractivity contribution in [3.05, 3.63) is 12.7 Å². The molecule has 0 aromatic rings. The highest BCUT2D eigenvalue weighted by molar-refractivity contribution is 4.75. The fraction of sp³-hybridized carbons (Fsp3) is 0.800. The first-order chi connectivity index (χ1) is 5.16. The third kappa shape index (κ3) is 7.60. The Kier molecular flexibility index (Phi) is 6.24. The van der Waals surface area contributed by atoms with E-state index in [1.54, 1.807) is 0 Å². The molecule has 0 saturated carbocycles. The number of allylic oxidation sites excluding steroid dienone is 1. The second-order valence-electron chi connectivity index (χ2n) is 3.60. The normalized spacial score (nSPS) is 13.5. The summed E-state index contributed by atoms with van der Waals surface area (Å²) < 4.78 is 0. The molecule has 1 N–H and O–H groups in total. The average Bonchev–Trinajstić information content (AvgIpc) is 1.97. The molecule has 0 spiro atoms. The maximum atomic E-state index is 3.75. The molecule has 0 aliphatic rings. The molecule has 0 aliphatic heterocycles. The van der Waals surface area contributed by atoms with Gasteiger partial charge in [-0.25, -0.2) is 0 Å². The molecular formula is C10H21N. The van der Waals surface area contributed by atoms with Gasteiger partial charge in [0.15, 0.2) is 0 Å². The quantitative estimate of drug-likeness (QED) is 0.459. The van der Waals surface area contributed by atoms with Crippen molar-refractivity contribution < 1.29 is 0 Å². The summed E-state index contributed by atoms with van der Waals surface area (Å²) >= 11 is 0. The van der Waals surface area contributed by atoms with Crippen molar-refractivity contribution in [2.24, 2.45) is 11.8 Å². The van der Waals surface area contributed by atoms with Gasteiger partial charge in [-0.15, -0.1) is 6.58 Å². The van der Waals surface area contributed by atoms with Crippen LogP contribution in [-0.4, -0.2) is 13.1 Å². The Balaban J connectivity index is 3.07. The third-order valence-corrected chi connectivity index (χ3v) is 1.73. The van der Waals surface area contributed by atoms with Gasteiger partial charge < -0.3 is 5.32 Å². The van der Waals surface area contributed by atoms with E-state index in [1.165, 1.54) is 6.42 Å². The molecule has 1 nitrogen and oxygen atoms in total. The molecule has 1 heteroatoms. The highest BCUT2D eigenvalue weighted by atomic mass is 14.8. The summed E-state index contributed by atoms with van der Waals surface area (Å²) in [6.45, 7) is 12.6. The lowest BCUT2D eigenvalue weighted by Gasteiger charge is -2.08. The molecule has 66 valence electrons. The Hall–Kier alpha value is -0.300. The van der Waals surface area contributed by atoms with Crippen molar-refractivity contribution in [3.8, 4) is 0 Å². The van der Waals surface area contributed by atoms with Gasteiger partial charge in [-0.05, 0) is 31.3 Å². The van der Waals surface area contributed by atoms with Gasteiger partial charge in [0.2, 0.25) is 0 Å². The van der Waals surface area contributed by atoms with Crippen LogP contribution < -0.4 is 5.32 Å². The highest BCUT2D eigenvalue weighted by Gasteiger charge is 1.95. The van der Waals surface area contributed by atoms with E-state index >= 15 is 0 Å². The highest BCUT2D eigenvalue weighted by Crippen LogP contribution is 2.00. The summed E-state index contributed by atoms with van der Waals surface area (Å²) in [4.78, 5) is 0. The first-order valence-electron chi connectivity index (χ1n) is 4.50. The molecule has 0 aliphatic carbocycles. The van der Waals surface area contributed by atoms with E-state index in [2.05, 4.69) is 32.7 Å². The minimum atomic E-state index is 0.648. The molecule has 0 bridgehead atoms. The van der Waals surface area contributed by atoms with Crippen LogP contribution in [0.3, 0.4) is 0 Å². The van der Waals surface area contributed by atoms with Crippen LogP contribution in [0.5, 0.6) is 0 Å². The Bertz CT molecular complexity index is 97.0. The zero-order valence-corrected chi connectivity index (χ0v) is 8.06. The molecule has 1 unspecified atom stereocenters. The number of nitrogens with one attached hydrogen (secondary N) is 1. The van der Waals surface area contributed by atoms with Gasteiger partial charge in [-0.3, -0.25) is 0 Å². The van der Waals surface area contributed by atoms with Gasteiger partial charge >= 0.3 is 0 Å². The minimum absolute atomic E-state index is 0.648. The molecule has 0 radical (unpaired) electrons. The number of rotatable bonds is 6. The molecule has 0 amide bonds. The Morgan fingerprint density at radius 3 is 2.45 bits per heavy atom. The Morgan fingerprint density at radius 2 is 2.00 bits per heavy atom. The zero-order chi connectivity index (χ0) is 8.69. The Morgan fingerprint density at radius 1 is 1.36 bits per heavy atom. The maximum Gasteiger partial charge on any atom is -0.00258 e. The summed E-state index contributed by atoms with van der Waals surface area (Å²) in [7, 11) is 0. The van der Waals surface area contributed by atoms with Gasteiger partial charge in [0.25, 0.3) is 0 Å². The topological polar surface area (TPSA) is 12.0 Å². The van der Waals surface area contributed by atoms with Crippen LogP contribution in [0.4, 0.5) is 0 Å². The van der Waals surface area contributed by atoms with Crippen molar-refractivity contribution in [3.63, 3.8) is 0 Å². The van der Waals surface area contributed by atoms with Gasteiger partial charge in [-0.1, -0.05) is 26.8 Å². The van der Waals surface area contributed by atoms with Crippen molar-refractivity contribution in [2.75, 3.05) is 13.1 Å². The van der Waals surface area contributed by atoms with Gasteiger partial charge in [0.1, 0.15) is 0 Å². The average molecular weight is 155 g/mol. The van der Waals surface area contributed by atoms with Crippen molar-refractivity contribution in [2.45, 2.75) is 27.2 Å². The molecular weight excluding hydrogens is 134 g/mol.